The van der Waals surface area contributed by atoms with Crippen molar-refractivity contribution in [3.05, 3.63) is 23.8 Å². The molecule has 0 amide bonds. The molecule has 1 aromatic heterocycles. The molecule has 1 aliphatic rings. The first-order valence-electron chi connectivity index (χ1n) is 10.0. The lowest BCUT2D eigenvalue weighted by atomic mass is 10.0. The number of tetrazole rings is 1. The summed E-state index contributed by atoms with van der Waals surface area (Å²) in [5.41, 5.74) is 12.3. The fourth-order valence-corrected chi connectivity index (χ4v) is 6.27. The molecule has 0 aliphatic carbocycles. The topological polar surface area (TPSA) is 236 Å². The number of hydrogen-bond acceptors (Lipinski definition) is 11. The second-order valence-electron chi connectivity index (χ2n) is 7.43. The molecule has 1 atom stereocenters. The van der Waals surface area contributed by atoms with Crippen LogP contribution in [-0.4, -0.2) is 81.4 Å². The van der Waals surface area contributed by atoms with Crippen LogP contribution in [0.2, 0.25) is 0 Å². The molecule has 1 fully saturated rings. The first-order valence-corrected chi connectivity index (χ1v) is 13.1. The smallest absolute Gasteiger partial charge is 0.242 e. The quantitative estimate of drug-likeness (QED) is 0.198. The molecule has 16 heteroatoms. The summed E-state index contributed by atoms with van der Waals surface area (Å²) in [6.07, 6.45) is 2.36. The summed E-state index contributed by atoms with van der Waals surface area (Å²) in [7, 11) is -9.01. The van der Waals surface area contributed by atoms with E-state index >= 15 is 0 Å². The Morgan fingerprint density at radius 1 is 1.27 bits per heavy atom. The highest BCUT2D eigenvalue weighted by Crippen LogP contribution is 2.39. The highest BCUT2D eigenvalue weighted by atomic mass is 32.2. The molecule has 1 aliphatic heterocycles. The van der Waals surface area contributed by atoms with Crippen molar-refractivity contribution >= 4 is 25.7 Å². The van der Waals surface area contributed by atoms with Crippen molar-refractivity contribution in [1.82, 2.24) is 25.3 Å². The zero-order valence-electron chi connectivity index (χ0n) is 17.7. The number of piperidine rings is 1. The zero-order valence-corrected chi connectivity index (χ0v) is 19.3. The van der Waals surface area contributed by atoms with Gasteiger partial charge in [0.2, 0.25) is 25.9 Å². The summed E-state index contributed by atoms with van der Waals surface area (Å²) in [5.74, 6) is -0.136. The zero-order chi connectivity index (χ0) is 24.2. The van der Waals surface area contributed by atoms with Gasteiger partial charge >= 0.3 is 0 Å². The molecule has 14 nitrogen and oxygen atoms in total. The Morgan fingerprint density at radius 3 is 2.64 bits per heavy atom. The molecule has 3 rings (SSSR count). The minimum Gasteiger partial charge on any atom is -0.390 e. The normalized spacial score (nSPS) is 17.5. The molecular formula is C17H27N9O5S2. The molecular weight excluding hydrogens is 474 g/mol. The van der Waals surface area contributed by atoms with Crippen LogP contribution in [-0.2, 0) is 20.0 Å². The summed E-state index contributed by atoms with van der Waals surface area (Å²) in [6, 6.07) is 2.62. The summed E-state index contributed by atoms with van der Waals surface area (Å²) in [6.45, 7) is 0.788. The number of nitrogens with two attached hydrogens (primary N) is 3. The fraction of sp³-hybridized carbons (Fsp3) is 0.471. The maximum Gasteiger partial charge on any atom is 0.242 e. The van der Waals surface area contributed by atoms with Crippen molar-refractivity contribution in [1.29, 1.82) is 0 Å². The van der Waals surface area contributed by atoms with E-state index in [1.54, 1.807) is 0 Å². The van der Waals surface area contributed by atoms with Gasteiger partial charge in [-0.2, -0.15) is 5.21 Å². The molecule has 2 heterocycles. The Hall–Kier alpha value is -2.47. The number of hydrogen-bond donors (Lipinski definition) is 6. The molecule has 182 valence electrons. The van der Waals surface area contributed by atoms with Crippen LogP contribution in [0, 0.1) is 0 Å². The highest BCUT2D eigenvalue weighted by molar-refractivity contribution is 7.92. The van der Waals surface area contributed by atoms with Crippen LogP contribution in [0.4, 0.5) is 5.69 Å². The number of nitrogens with zero attached hydrogens (tertiary/aromatic N) is 4. The molecule has 33 heavy (non-hydrogen) atoms. The van der Waals surface area contributed by atoms with E-state index in [1.165, 1.54) is 6.07 Å². The number of primary sulfonamides is 1. The molecule has 0 saturated carbocycles. The van der Waals surface area contributed by atoms with Gasteiger partial charge in [-0.3, -0.25) is 0 Å². The molecule has 2 aromatic rings. The number of aliphatic hydroxyl groups excluding tert-OH is 1. The van der Waals surface area contributed by atoms with E-state index < -0.39 is 42.5 Å². The number of nitrogens with one attached hydrogen (secondary N) is 2. The van der Waals surface area contributed by atoms with Crippen LogP contribution >= 0.6 is 0 Å². The summed E-state index contributed by atoms with van der Waals surface area (Å²) >= 11 is 0. The number of H-pyrrole nitrogens is 1. The van der Waals surface area contributed by atoms with E-state index in [2.05, 4.69) is 25.3 Å². The van der Waals surface area contributed by atoms with E-state index in [9.17, 15) is 21.9 Å². The summed E-state index contributed by atoms with van der Waals surface area (Å²) in [4.78, 5) is 0.603. The first kappa shape index (κ1) is 25.2. The van der Waals surface area contributed by atoms with Gasteiger partial charge in [0, 0.05) is 38.4 Å². The maximum atomic E-state index is 13.0. The average Bonchev–Trinajstić information content (AvgIpc) is 3.31. The molecule has 0 spiro atoms. The van der Waals surface area contributed by atoms with E-state index in [1.807, 2.05) is 11.0 Å². The van der Waals surface area contributed by atoms with Crippen molar-refractivity contribution in [3.63, 3.8) is 0 Å². The number of benzene rings is 1. The van der Waals surface area contributed by atoms with Gasteiger partial charge in [-0.1, -0.05) is 11.6 Å². The van der Waals surface area contributed by atoms with Crippen molar-refractivity contribution in [2.75, 3.05) is 37.6 Å². The van der Waals surface area contributed by atoms with Gasteiger partial charge in [-0.15, -0.1) is 10.2 Å². The van der Waals surface area contributed by atoms with Gasteiger partial charge in [0.1, 0.15) is 9.79 Å². The number of rotatable bonds is 9. The predicted molar refractivity (Wildman–Crippen MR) is 120 cm³/mol. The second kappa shape index (κ2) is 10.2. The molecule has 0 radical (unpaired) electrons. The van der Waals surface area contributed by atoms with Gasteiger partial charge in [0.15, 0.2) is 0 Å². The van der Waals surface area contributed by atoms with Crippen molar-refractivity contribution in [3.8, 4) is 11.4 Å². The Balaban J connectivity index is 2.23. The van der Waals surface area contributed by atoms with Crippen molar-refractivity contribution in [2.45, 2.75) is 28.7 Å². The minimum absolute atomic E-state index is 0.0949. The van der Waals surface area contributed by atoms with Crippen LogP contribution in [0.25, 0.3) is 11.4 Å². The van der Waals surface area contributed by atoms with Gasteiger partial charge in [-0.05, 0) is 30.2 Å². The van der Waals surface area contributed by atoms with Gasteiger partial charge < -0.3 is 21.5 Å². The molecule has 0 bridgehead atoms. The predicted octanol–water partition coefficient (Wildman–Crippen LogP) is -2.40. The van der Waals surface area contributed by atoms with Crippen LogP contribution in [0.5, 0.6) is 0 Å². The highest BCUT2D eigenvalue weighted by Gasteiger charge is 2.33. The van der Waals surface area contributed by atoms with Crippen LogP contribution in [0.1, 0.15) is 12.8 Å². The maximum absolute atomic E-state index is 13.0. The molecule has 1 unspecified atom stereocenters. The fourth-order valence-electron chi connectivity index (χ4n) is 3.60. The largest absolute Gasteiger partial charge is 0.390 e. The average molecular weight is 502 g/mol. The molecule has 1 aromatic carbocycles. The first-order chi connectivity index (χ1) is 15.6. The Labute approximate surface area is 191 Å². The Morgan fingerprint density at radius 2 is 2.03 bits per heavy atom. The third-order valence-electron chi connectivity index (χ3n) is 5.09. The lowest BCUT2D eigenvalue weighted by molar-refractivity contribution is 0.186. The monoisotopic (exact) mass is 501 g/mol. The second-order valence-corrected chi connectivity index (χ2v) is 10.7. The number of aliphatic hydroxyl groups is 1. The van der Waals surface area contributed by atoms with E-state index in [0.717, 1.165) is 24.5 Å². The van der Waals surface area contributed by atoms with E-state index in [0.29, 0.717) is 25.3 Å². The van der Waals surface area contributed by atoms with Crippen LogP contribution in [0.3, 0.4) is 0 Å². The lowest BCUT2D eigenvalue weighted by Gasteiger charge is -2.32. The number of aromatic nitrogens is 4. The summed E-state index contributed by atoms with van der Waals surface area (Å²) in [5, 5.41) is 28.6. The van der Waals surface area contributed by atoms with Crippen molar-refractivity contribution < 1.29 is 21.9 Å². The standard InChI is InChI=1S/C17H27N9O5S2/c18-6-5-11-2-1-7-26(10-11)13-3-4-14(33(30,31)21-9-12(27)8-19)16(32(20,28)29)15(13)17-22-24-25-23-17/h3-5,12,21,27H,1-2,6-10,18-19H2,(H2,20,28,29)(H,22,23,24,25). The van der Waals surface area contributed by atoms with Crippen LogP contribution < -0.4 is 26.2 Å². The minimum atomic E-state index is -4.59. The number of anilines is 1. The third kappa shape index (κ3) is 5.72. The molecule has 1 saturated heterocycles. The number of sulfonamides is 2. The lowest BCUT2D eigenvalue weighted by Crippen LogP contribution is -2.37. The van der Waals surface area contributed by atoms with Gasteiger partial charge in [0.05, 0.1) is 11.7 Å². The molecule has 9 N–H and O–H groups in total. The van der Waals surface area contributed by atoms with Gasteiger partial charge in [-0.25, -0.2) is 26.7 Å². The Kier molecular flexibility index (Phi) is 7.78. The van der Waals surface area contributed by atoms with Crippen LogP contribution in [0.15, 0.2) is 33.6 Å². The van der Waals surface area contributed by atoms with E-state index in [-0.39, 0.29) is 17.9 Å². The SMILES string of the molecule is NCC=C1CCCN(c2ccc(S(=O)(=O)NCC(O)CN)c(S(N)(=O)=O)c2-c2nn[nH]n2)C1. The van der Waals surface area contributed by atoms with Crippen molar-refractivity contribution in [2.24, 2.45) is 16.6 Å². The third-order valence-corrected chi connectivity index (χ3v) is 7.68. The summed E-state index contributed by atoms with van der Waals surface area (Å²) < 4.78 is 53.5. The number of aromatic amines is 1. The Bertz CT molecular complexity index is 1210. The van der Waals surface area contributed by atoms with Gasteiger partial charge in [0.25, 0.3) is 0 Å². The van der Waals surface area contributed by atoms with E-state index in [4.69, 9.17) is 16.6 Å².